The predicted octanol–water partition coefficient (Wildman–Crippen LogP) is 3.82. The number of Topliss-reactive ketones (excluding diaryl/α,β-unsaturated/α-hetero) is 1. The highest BCUT2D eigenvalue weighted by molar-refractivity contribution is 5.94. The largest absolute Gasteiger partial charge is 0.494 e. The third kappa shape index (κ3) is 5.09. The van der Waals surface area contributed by atoms with E-state index < -0.39 is 0 Å². The summed E-state index contributed by atoms with van der Waals surface area (Å²) in [5, 5.41) is 3.14. The van der Waals surface area contributed by atoms with Crippen LogP contribution in [0.1, 0.15) is 60.1 Å². The number of aryl methyl sites for hydroxylation is 1. The zero-order chi connectivity index (χ0) is 19.2. The molecule has 142 valence electrons. The molecule has 2 aromatic carbocycles. The number of nitrogen functional groups attached to an aromatic ring is 1. The van der Waals surface area contributed by atoms with E-state index in [1.165, 1.54) is 18.1 Å². The molecule has 1 aliphatic rings. The van der Waals surface area contributed by atoms with Crippen LogP contribution in [0.15, 0.2) is 42.5 Å². The molecule has 2 aromatic rings. The monoisotopic (exact) mass is 366 g/mol. The Kier molecular flexibility index (Phi) is 6.12. The summed E-state index contributed by atoms with van der Waals surface area (Å²) in [4.78, 5) is 23.5. The number of fused-ring (bicyclic) bond motifs is 1. The van der Waals surface area contributed by atoms with Crippen LogP contribution in [0.4, 0.5) is 5.69 Å². The molecular weight excluding hydrogens is 340 g/mol. The van der Waals surface area contributed by atoms with Gasteiger partial charge in [-0.3, -0.25) is 9.59 Å². The molecule has 0 spiro atoms. The minimum Gasteiger partial charge on any atom is -0.494 e. The fraction of sp³-hybridized carbons (Fsp3) is 0.364. The number of nitrogens with one attached hydrogen (secondary N) is 1. The van der Waals surface area contributed by atoms with Crippen molar-refractivity contribution in [3.05, 3.63) is 59.2 Å². The molecular formula is C22H26N2O3. The van der Waals surface area contributed by atoms with E-state index in [4.69, 9.17) is 10.5 Å². The van der Waals surface area contributed by atoms with Gasteiger partial charge in [0.05, 0.1) is 12.6 Å². The molecule has 0 bridgehead atoms. The molecule has 5 heteroatoms. The zero-order valence-electron chi connectivity index (χ0n) is 15.7. The molecule has 1 amide bonds. The maximum atomic E-state index is 12.3. The predicted molar refractivity (Wildman–Crippen MR) is 106 cm³/mol. The van der Waals surface area contributed by atoms with Crippen molar-refractivity contribution < 1.29 is 14.3 Å². The lowest BCUT2D eigenvalue weighted by atomic mass is 9.87. The first-order chi connectivity index (χ1) is 13.0. The van der Waals surface area contributed by atoms with E-state index in [1.807, 2.05) is 18.2 Å². The van der Waals surface area contributed by atoms with Crippen molar-refractivity contribution in [2.75, 3.05) is 12.3 Å². The molecule has 0 heterocycles. The average molecular weight is 366 g/mol. The summed E-state index contributed by atoms with van der Waals surface area (Å²) in [5.41, 5.74) is 9.72. The van der Waals surface area contributed by atoms with Gasteiger partial charge in [0, 0.05) is 17.7 Å². The van der Waals surface area contributed by atoms with Crippen molar-refractivity contribution >= 4 is 17.4 Å². The summed E-state index contributed by atoms with van der Waals surface area (Å²) in [7, 11) is 0. The third-order valence-electron chi connectivity index (χ3n) is 4.89. The number of rotatable bonds is 7. The topological polar surface area (TPSA) is 81.4 Å². The van der Waals surface area contributed by atoms with Crippen molar-refractivity contribution in [2.24, 2.45) is 0 Å². The minimum atomic E-state index is 0.0326. The van der Waals surface area contributed by atoms with Gasteiger partial charge in [-0.1, -0.05) is 6.07 Å². The second-order valence-electron chi connectivity index (χ2n) is 7.00. The molecule has 1 atom stereocenters. The van der Waals surface area contributed by atoms with Crippen LogP contribution in [0, 0.1) is 0 Å². The van der Waals surface area contributed by atoms with Crippen LogP contribution in [-0.2, 0) is 11.2 Å². The molecule has 27 heavy (non-hydrogen) atoms. The molecule has 3 N–H and O–H groups in total. The zero-order valence-corrected chi connectivity index (χ0v) is 15.7. The molecule has 0 saturated carbocycles. The standard InChI is InChI=1S/C22H26N2O3/c1-15(25)16-7-10-19(11-8-16)27-13-3-6-22(26)24-21-5-2-4-17-14-18(23)9-12-20(17)21/h7-12,14,21H,2-6,13,23H2,1H3,(H,24,26). The molecule has 0 fully saturated rings. The summed E-state index contributed by atoms with van der Waals surface area (Å²) in [6.07, 6.45) is 4.10. The lowest BCUT2D eigenvalue weighted by molar-refractivity contribution is -0.122. The van der Waals surface area contributed by atoms with E-state index in [-0.39, 0.29) is 17.7 Å². The number of ketones is 1. The van der Waals surface area contributed by atoms with Gasteiger partial charge in [0.1, 0.15) is 5.75 Å². The second kappa shape index (κ2) is 8.71. The maximum Gasteiger partial charge on any atom is 0.220 e. The van der Waals surface area contributed by atoms with Crippen molar-refractivity contribution in [2.45, 2.75) is 45.1 Å². The number of ether oxygens (including phenoxy) is 1. The van der Waals surface area contributed by atoms with Crippen LogP contribution in [0.25, 0.3) is 0 Å². The Hall–Kier alpha value is -2.82. The second-order valence-corrected chi connectivity index (χ2v) is 7.00. The SMILES string of the molecule is CC(=O)c1ccc(OCCCC(=O)NC2CCCc3cc(N)ccc32)cc1. The normalized spacial score (nSPS) is 15.7. The summed E-state index contributed by atoms with van der Waals surface area (Å²) < 4.78 is 5.65. The maximum absolute atomic E-state index is 12.3. The van der Waals surface area contributed by atoms with E-state index in [2.05, 4.69) is 5.32 Å². The lowest BCUT2D eigenvalue weighted by Crippen LogP contribution is -2.31. The van der Waals surface area contributed by atoms with Crippen molar-refractivity contribution in [1.29, 1.82) is 0 Å². The number of hydrogen-bond donors (Lipinski definition) is 2. The number of nitrogens with two attached hydrogens (primary N) is 1. The van der Waals surface area contributed by atoms with Gasteiger partial charge in [-0.15, -0.1) is 0 Å². The van der Waals surface area contributed by atoms with Gasteiger partial charge in [-0.2, -0.15) is 0 Å². The van der Waals surface area contributed by atoms with E-state index >= 15 is 0 Å². The Morgan fingerprint density at radius 3 is 2.70 bits per heavy atom. The fourth-order valence-corrected chi connectivity index (χ4v) is 3.46. The molecule has 0 saturated heterocycles. The van der Waals surface area contributed by atoms with Gasteiger partial charge in [0.15, 0.2) is 5.78 Å². The van der Waals surface area contributed by atoms with E-state index in [9.17, 15) is 9.59 Å². The Morgan fingerprint density at radius 2 is 1.96 bits per heavy atom. The molecule has 1 unspecified atom stereocenters. The van der Waals surface area contributed by atoms with Gasteiger partial charge >= 0.3 is 0 Å². The number of hydrogen-bond acceptors (Lipinski definition) is 4. The highest BCUT2D eigenvalue weighted by Gasteiger charge is 2.21. The van der Waals surface area contributed by atoms with E-state index in [0.717, 1.165) is 24.9 Å². The summed E-state index contributed by atoms with van der Waals surface area (Å²) in [6.45, 7) is 2.00. The van der Waals surface area contributed by atoms with Gasteiger partial charge in [0.25, 0.3) is 0 Å². The smallest absolute Gasteiger partial charge is 0.220 e. The number of carbonyl (C=O) groups excluding carboxylic acids is 2. The molecule has 0 radical (unpaired) electrons. The quantitative estimate of drug-likeness (QED) is 0.443. The van der Waals surface area contributed by atoms with Crippen LogP contribution in [0.3, 0.4) is 0 Å². The van der Waals surface area contributed by atoms with Crippen LogP contribution in [0.2, 0.25) is 0 Å². The van der Waals surface area contributed by atoms with Crippen LogP contribution < -0.4 is 15.8 Å². The van der Waals surface area contributed by atoms with Crippen LogP contribution in [0.5, 0.6) is 5.75 Å². The van der Waals surface area contributed by atoms with E-state index in [0.29, 0.717) is 30.8 Å². The third-order valence-corrected chi connectivity index (χ3v) is 4.89. The Labute approximate surface area is 159 Å². The number of amides is 1. The highest BCUT2D eigenvalue weighted by atomic mass is 16.5. The summed E-state index contributed by atoms with van der Waals surface area (Å²) in [6, 6.07) is 13.1. The first kappa shape index (κ1) is 19.0. The van der Waals surface area contributed by atoms with Gasteiger partial charge in [-0.25, -0.2) is 0 Å². The van der Waals surface area contributed by atoms with Crippen molar-refractivity contribution in [3.63, 3.8) is 0 Å². The van der Waals surface area contributed by atoms with Crippen LogP contribution >= 0.6 is 0 Å². The first-order valence-corrected chi connectivity index (χ1v) is 9.44. The number of carbonyl (C=O) groups is 2. The Balaban J connectivity index is 1.43. The van der Waals surface area contributed by atoms with Crippen molar-refractivity contribution in [3.8, 4) is 5.75 Å². The Bertz CT molecular complexity index is 815. The van der Waals surface area contributed by atoms with Gasteiger partial charge < -0.3 is 15.8 Å². The molecule has 0 aliphatic heterocycles. The number of benzene rings is 2. The summed E-state index contributed by atoms with van der Waals surface area (Å²) in [5.74, 6) is 0.782. The molecule has 5 nitrogen and oxygen atoms in total. The highest BCUT2D eigenvalue weighted by Crippen LogP contribution is 2.31. The van der Waals surface area contributed by atoms with Crippen molar-refractivity contribution in [1.82, 2.24) is 5.32 Å². The molecule has 3 rings (SSSR count). The summed E-state index contributed by atoms with van der Waals surface area (Å²) >= 11 is 0. The van der Waals surface area contributed by atoms with Gasteiger partial charge in [-0.05, 0) is 80.1 Å². The Morgan fingerprint density at radius 1 is 1.19 bits per heavy atom. The number of anilines is 1. The average Bonchev–Trinajstić information content (AvgIpc) is 2.65. The molecule has 0 aromatic heterocycles. The fourth-order valence-electron chi connectivity index (χ4n) is 3.46. The van der Waals surface area contributed by atoms with E-state index in [1.54, 1.807) is 24.3 Å². The molecule has 1 aliphatic carbocycles. The first-order valence-electron chi connectivity index (χ1n) is 9.44. The minimum absolute atomic E-state index is 0.0326. The van der Waals surface area contributed by atoms with Gasteiger partial charge in [0.2, 0.25) is 5.91 Å². The lowest BCUT2D eigenvalue weighted by Gasteiger charge is -2.26. The van der Waals surface area contributed by atoms with Crippen LogP contribution in [-0.4, -0.2) is 18.3 Å².